The van der Waals surface area contributed by atoms with E-state index in [2.05, 4.69) is 6.92 Å². The maximum Gasteiger partial charge on any atom is 0.184 e. The van der Waals surface area contributed by atoms with Gasteiger partial charge in [-0.05, 0) is 6.42 Å². The van der Waals surface area contributed by atoms with Crippen molar-refractivity contribution in [3.8, 4) is 0 Å². The molecule has 0 radical (unpaired) electrons. The van der Waals surface area contributed by atoms with E-state index in [0.29, 0.717) is 6.61 Å². The van der Waals surface area contributed by atoms with E-state index in [0.717, 1.165) is 17.5 Å². The van der Waals surface area contributed by atoms with Crippen LogP contribution in [0.3, 0.4) is 0 Å². The van der Waals surface area contributed by atoms with E-state index in [1.807, 2.05) is 60.7 Å². The summed E-state index contributed by atoms with van der Waals surface area (Å²) in [4.78, 5) is 0. The Labute approximate surface area is 142 Å². The first-order valence-electron chi connectivity index (χ1n) is 8.53. The number of ether oxygens (including phenoxy) is 4. The van der Waals surface area contributed by atoms with Gasteiger partial charge in [0, 0.05) is 11.1 Å². The topological polar surface area (TPSA) is 36.9 Å². The zero-order valence-corrected chi connectivity index (χ0v) is 13.7. The molecule has 2 aliphatic heterocycles. The van der Waals surface area contributed by atoms with Gasteiger partial charge in [0.1, 0.15) is 12.2 Å². The third kappa shape index (κ3) is 3.10. The summed E-state index contributed by atoms with van der Waals surface area (Å²) in [6.45, 7) is 2.62. The van der Waals surface area contributed by atoms with Crippen LogP contribution in [0.25, 0.3) is 0 Å². The molecule has 0 N–H and O–H groups in total. The van der Waals surface area contributed by atoms with Gasteiger partial charge in [-0.25, -0.2) is 0 Å². The molecule has 2 aromatic rings. The molecule has 0 aromatic heterocycles. The third-order valence-electron chi connectivity index (χ3n) is 4.57. The Bertz CT molecular complexity index is 637. The zero-order valence-electron chi connectivity index (χ0n) is 13.7. The van der Waals surface area contributed by atoms with Gasteiger partial charge in [0.15, 0.2) is 12.6 Å². The average molecular weight is 326 g/mol. The first-order valence-corrected chi connectivity index (χ1v) is 8.53. The lowest BCUT2D eigenvalue weighted by Crippen LogP contribution is -2.53. The lowest BCUT2D eigenvalue weighted by atomic mass is 10.0. The molecule has 5 unspecified atom stereocenters. The fourth-order valence-corrected chi connectivity index (χ4v) is 3.30. The van der Waals surface area contributed by atoms with Crippen LogP contribution in [-0.2, 0) is 18.9 Å². The Balaban J connectivity index is 1.51. The SMILES string of the molecule is CCC1OC(c2ccccc2)OC2COC(c3ccccc3)OC12. The fraction of sp³-hybridized carbons (Fsp3) is 0.400. The summed E-state index contributed by atoms with van der Waals surface area (Å²) >= 11 is 0. The molecule has 0 amide bonds. The van der Waals surface area contributed by atoms with Gasteiger partial charge in [-0.1, -0.05) is 67.6 Å². The van der Waals surface area contributed by atoms with Crippen LogP contribution < -0.4 is 0 Å². The van der Waals surface area contributed by atoms with Crippen molar-refractivity contribution < 1.29 is 18.9 Å². The van der Waals surface area contributed by atoms with Gasteiger partial charge in [-0.3, -0.25) is 0 Å². The van der Waals surface area contributed by atoms with E-state index in [1.165, 1.54) is 0 Å². The Morgan fingerprint density at radius 1 is 0.792 bits per heavy atom. The predicted molar refractivity (Wildman–Crippen MR) is 89.2 cm³/mol. The van der Waals surface area contributed by atoms with Crippen molar-refractivity contribution in [2.75, 3.05) is 6.61 Å². The lowest BCUT2D eigenvalue weighted by Gasteiger charge is -2.46. The van der Waals surface area contributed by atoms with Crippen molar-refractivity contribution in [1.82, 2.24) is 0 Å². The minimum atomic E-state index is -0.363. The van der Waals surface area contributed by atoms with Crippen LogP contribution in [0.4, 0.5) is 0 Å². The average Bonchev–Trinajstić information content (AvgIpc) is 2.68. The first kappa shape index (κ1) is 15.8. The molecule has 0 bridgehead atoms. The van der Waals surface area contributed by atoms with Crippen molar-refractivity contribution in [3.63, 3.8) is 0 Å². The monoisotopic (exact) mass is 326 g/mol. The normalized spacial score (nSPS) is 33.0. The summed E-state index contributed by atoms with van der Waals surface area (Å²) < 4.78 is 24.4. The molecule has 0 aliphatic carbocycles. The molecule has 0 spiro atoms. The fourth-order valence-electron chi connectivity index (χ4n) is 3.30. The number of fused-ring (bicyclic) bond motifs is 1. The Morgan fingerprint density at radius 3 is 2.04 bits per heavy atom. The largest absolute Gasteiger partial charge is 0.346 e. The summed E-state index contributed by atoms with van der Waals surface area (Å²) in [7, 11) is 0. The highest BCUT2D eigenvalue weighted by Crippen LogP contribution is 2.38. The second-order valence-electron chi connectivity index (χ2n) is 6.18. The van der Waals surface area contributed by atoms with Crippen LogP contribution in [0.2, 0.25) is 0 Å². The number of benzene rings is 2. The van der Waals surface area contributed by atoms with Crippen molar-refractivity contribution in [3.05, 3.63) is 71.8 Å². The van der Waals surface area contributed by atoms with Gasteiger partial charge in [0.05, 0.1) is 12.7 Å². The van der Waals surface area contributed by atoms with Gasteiger partial charge in [0.2, 0.25) is 0 Å². The lowest BCUT2D eigenvalue weighted by molar-refractivity contribution is -0.363. The van der Waals surface area contributed by atoms with Crippen molar-refractivity contribution in [1.29, 1.82) is 0 Å². The molecule has 2 saturated heterocycles. The van der Waals surface area contributed by atoms with E-state index in [-0.39, 0.29) is 30.9 Å². The van der Waals surface area contributed by atoms with E-state index < -0.39 is 0 Å². The Hall–Kier alpha value is -1.72. The molecule has 2 aromatic carbocycles. The molecule has 2 heterocycles. The smallest absolute Gasteiger partial charge is 0.184 e. The van der Waals surface area contributed by atoms with Gasteiger partial charge in [0.25, 0.3) is 0 Å². The molecule has 4 nitrogen and oxygen atoms in total. The molecule has 126 valence electrons. The molecule has 2 aliphatic rings. The first-order chi connectivity index (χ1) is 11.8. The van der Waals surface area contributed by atoms with Crippen LogP contribution in [-0.4, -0.2) is 24.9 Å². The Kier molecular flexibility index (Phi) is 4.63. The molecule has 5 atom stereocenters. The van der Waals surface area contributed by atoms with Gasteiger partial charge in [-0.2, -0.15) is 0 Å². The van der Waals surface area contributed by atoms with Crippen LogP contribution in [0.1, 0.15) is 37.1 Å². The number of rotatable bonds is 3. The van der Waals surface area contributed by atoms with Crippen molar-refractivity contribution in [2.45, 2.75) is 44.2 Å². The zero-order chi connectivity index (χ0) is 16.4. The minimum absolute atomic E-state index is 0.0101. The number of hydrogen-bond donors (Lipinski definition) is 0. The highest BCUT2D eigenvalue weighted by molar-refractivity contribution is 5.18. The number of hydrogen-bond acceptors (Lipinski definition) is 4. The van der Waals surface area contributed by atoms with Crippen LogP contribution in [0.15, 0.2) is 60.7 Å². The van der Waals surface area contributed by atoms with Gasteiger partial charge < -0.3 is 18.9 Å². The predicted octanol–water partition coefficient (Wildman–Crippen LogP) is 3.99. The second-order valence-corrected chi connectivity index (χ2v) is 6.18. The summed E-state index contributed by atoms with van der Waals surface area (Å²) in [5.41, 5.74) is 2.05. The maximum atomic E-state index is 6.19. The standard InChI is InChI=1S/C20H22O4/c1-2-16-18-17(23-20(22-16)15-11-7-4-8-12-15)13-21-19(24-18)14-9-5-3-6-10-14/h3-12,16-20H,2,13H2,1H3. The van der Waals surface area contributed by atoms with E-state index in [9.17, 15) is 0 Å². The molecule has 4 heteroatoms. The van der Waals surface area contributed by atoms with Gasteiger partial charge in [-0.15, -0.1) is 0 Å². The highest BCUT2D eigenvalue weighted by atomic mass is 16.8. The molecule has 0 saturated carbocycles. The second kappa shape index (κ2) is 7.03. The van der Waals surface area contributed by atoms with Crippen molar-refractivity contribution in [2.24, 2.45) is 0 Å². The molecular weight excluding hydrogens is 304 g/mol. The van der Waals surface area contributed by atoms with Crippen LogP contribution in [0.5, 0.6) is 0 Å². The summed E-state index contributed by atoms with van der Waals surface area (Å²) in [6.07, 6.45) is -0.0956. The van der Waals surface area contributed by atoms with Crippen LogP contribution in [0, 0.1) is 0 Å². The summed E-state index contributed by atoms with van der Waals surface area (Å²) in [5.74, 6) is 0. The van der Waals surface area contributed by atoms with Crippen molar-refractivity contribution >= 4 is 0 Å². The summed E-state index contributed by atoms with van der Waals surface area (Å²) in [6, 6.07) is 20.0. The quantitative estimate of drug-likeness (QED) is 0.854. The molecular formula is C20H22O4. The third-order valence-corrected chi connectivity index (χ3v) is 4.57. The van der Waals surface area contributed by atoms with E-state index in [1.54, 1.807) is 0 Å². The molecule has 4 rings (SSSR count). The molecule has 24 heavy (non-hydrogen) atoms. The van der Waals surface area contributed by atoms with E-state index >= 15 is 0 Å². The Morgan fingerprint density at radius 2 is 1.42 bits per heavy atom. The maximum absolute atomic E-state index is 6.19. The minimum Gasteiger partial charge on any atom is -0.346 e. The molecule has 2 fully saturated rings. The summed E-state index contributed by atoms with van der Waals surface area (Å²) in [5, 5.41) is 0. The van der Waals surface area contributed by atoms with E-state index in [4.69, 9.17) is 18.9 Å². The van der Waals surface area contributed by atoms with Crippen LogP contribution >= 0.6 is 0 Å². The van der Waals surface area contributed by atoms with Gasteiger partial charge >= 0.3 is 0 Å². The highest BCUT2D eigenvalue weighted by Gasteiger charge is 2.44.